The van der Waals surface area contributed by atoms with E-state index in [1.807, 2.05) is 19.9 Å². The van der Waals surface area contributed by atoms with Gasteiger partial charge in [-0.2, -0.15) is 0 Å². The first kappa shape index (κ1) is 12.1. The third-order valence-electron chi connectivity index (χ3n) is 1.87. The molecule has 1 N–H and O–H groups in total. The van der Waals surface area contributed by atoms with Crippen LogP contribution in [0.4, 0.5) is 5.95 Å². The van der Waals surface area contributed by atoms with Crippen molar-refractivity contribution in [3.8, 4) is 0 Å². The highest BCUT2D eigenvalue weighted by molar-refractivity contribution is 7.84. The number of anilines is 1. The maximum absolute atomic E-state index is 10.8. The summed E-state index contributed by atoms with van der Waals surface area (Å²) >= 11 is 0. The Morgan fingerprint density at radius 3 is 2.47 bits per heavy atom. The van der Waals surface area contributed by atoms with Crippen LogP contribution in [0.15, 0.2) is 6.07 Å². The predicted molar refractivity (Wildman–Crippen MR) is 63.5 cm³/mol. The molecule has 0 fully saturated rings. The fraction of sp³-hybridized carbons (Fsp3) is 0.600. The number of aromatic nitrogens is 2. The van der Waals surface area contributed by atoms with E-state index in [2.05, 4.69) is 15.3 Å². The third kappa shape index (κ3) is 4.88. The third-order valence-corrected chi connectivity index (χ3v) is 2.74. The lowest BCUT2D eigenvalue weighted by molar-refractivity contribution is 0.685. The first-order valence-corrected chi connectivity index (χ1v) is 6.67. The van der Waals surface area contributed by atoms with E-state index in [9.17, 15) is 4.21 Å². The van der Waals surface area contributed by atoms with E-state index in [1.165, 1.54) is 0 Å². The Morgan fingerprint density at radius 1 is 1.33 bits per heavy atom. The van der Waals surface area contributed by atoms with Crippen LogP contribution < -0.4 is 5.32 Å². The molecule has 0 amide bonds. The highest BCUT2D eigenvalue weighted by Crippen LogP contribution is 2.03. The first-order valence-electron chi connectivity index (χ1n) is 4.94. The van der Waals surface area contributed by atoms with Crippen LogP contribution in [0.1, 0.15) is 17.8 Å². The summed E-state index contributed by atoms with van der Waals surface area (Å²) in [5.41, 5.74) is 1.92. The largest absolute Gasteiger partial charge is 0.354 e. The number of nitrogens with one attached hydrogen (secondary N) is 1. The molecule has 0 radical (unpaired) electrons. The maximum Gasteiger partial charge on any atom is 0.223 e. The lowest BCUT2D eigenvalue weighted by Gasteiger charge is -2.05. The zero-order chi connectivity index (χ0) is 11.3. The zero-order valence-electron chi connectivity index (χ0n) is 9.41. The SMILES string of the molecule is Cc1cc(C)nc(NCCCS(C)=O)n1. The Balaban J connectivity index is 2.40. The molecule has 4 nitrogen and oxygen atoms in total. The summed E-state index contributed by atoms with van der Waals surface area (Å²) < 4.78 is 10.8. The van der Waals surface area contributed by atoms with E-state index < -0.39 is 10.8 Å². The van der Waals surface area contributed by atoms with Gasteiger partial charge in [-0.1, -0.05) is 0 Å². The van der Waals surface area contributed by atoms with Gasteiger partial charge in [0.15, 0.2) is 0 Å². The number of rotatable bonds is 5. The van der Waals surface area contributed by atoms with Crippen LogP contribution >= 0.6 is 0 Å². The van der Waals surface area contributed by atoms with Crippen molar-refractivity contribution in [2.45, 2.75) is 20.3 Å². The smallest absolute Gasteiger partial charge is 0.223 e. The van der Waals surface area contributed by atoms with Gasteiger partial charge in [0.2, 0.25) is 5.95 Å². The molecule has 1 heterocycles. The minimum absolute atomic E-state index is 0.661. The van der Waals surface area contributed by atoms with E-state index in [4.69, 9.17) is 0 Å². The predicted octanol–water partition coefficient (Wildman–Crippen LogP) is 1.27. The molecule has 0 bridgehead atoms. The summed E-state index contributed by atoms with van der Waals surface area (Å²) in [5.74, 6) is 1.38. The fourth-order valence-electron chi connectivity index (χ4n) is 1.28. The molecule has 0 aliphatic carbocycles. The molecular weight excluding hydrogens is 210 g/mol. The summed E-state index contributed by atoms with van der Waals surface area (Å²) in [5, 5.41) is 3.12. The van der Waals surface area contributed by atoms with Gasteiger partial charge in [0.05, 0.1) is 0 Å². The minimum atomic E-state index is -0.713. The molecule has 0 spiro atoms. The molecule has 0 aromatic carbocycles. The Labute approximate surface area is 93.0 Å². The lowest BCUT2D eigenvalue weighted by Crippen LogP contribution is -2.09. The van der Waals surface area contributed by atoms with Gasteiger partial charge in [-0.05, 0) is 26.3 Å². The topological polar surface area (TPSA) is 54.9 Å². The Morgan fingerprint density at radius 2 is 1.93 bits per heavy atom. The van der Waals surface area contributed by atoms with Crippen molar-refractivity contribution in [2.75, 3.05) is 23.9 Å². The van der Waals surface area contributed by atoms with E-state index in [1.54, 1.807) is 6.26 Å². The minimum Gasteiger partial charge on any atom is -0.354 e. The van der Waals surface area contributed by atoms with Crippen molar-refractivity contribution in [3.63, 3.8) is 0 Å². The van der Waals surface area contributed by atoms with Crippen LogP contribution in [0.5, 0.6) is 0 Å². The average Bonchev–Trinajstić information content (AvgIpc) is 2.10. The second-order valence-electron chi connectivity index (χ2n) is 3.53. The highest BCUT2D eigenvalue weighted by atomic mass is 32.2. The maximum atomic E-state index is 10.8. The molecular formula is C10H17N3OS. The van der Waals surface area contributed by atoms with Crippen molar-refractivity contribution in [1.82, 2.24) is 9.97 Å². The quantitative estimate of drug-likeness (QED) is 0.770. The van der Waals surface area contributed by atoms with E-state index in [0.29, 0.717) is 5.95 Å². The van der Waals surface area contributed by atoms with Crippen LogP contribution in [-0.2, 0) is 10.8 Å². The van der Waals surface area contributed by atoms with Crippen molar-refractivity contribution in [2.24, 2.45) is 0 Å². The summed E-state index contributed by atoms with van der Waals surface area (Å²) in [4.78, 5) is 8.51. The summed E-state index contributed by atoms with van der Waals surface area (Å²) in [6, 6.07) is 1.94. The second-order valence-corrected chi connectivity index (χ2v) is 5.09. The van der Waals surface area contributed by atoms with E-state index >= 15 is 0 Å². The van der Waals surface area contributed by atoms with Crippen LogP contribution in [0.2, 0.25) is 0 Å². The van der Waals surface area contributed by atoms with E-state index in [-0.39, 0.29) is 0 Å². The molecule has 15 heavy (non-hydrogen) atoms. The average molecular weight is 227 g/mol. The fourth-order valence-corrected chi connectivity index (χ4v) is 1.83. The van der Waals surface area contributed by atoms with Crippen LogP contribution in [-0.4, -0.2) is 32.7 Å². The van der Waals surface area contributed by atoms with Gasteiger partial charge in [-0.25, -0.2) is 9.97 Å². The van der Waals surface area contributed by atoms with Gasteiger partial charge in [-0.3, -0.25) is 4.21 Å². The first-order chi connectivity index (χ1) is 7.08. The van der Waals surface area contributed by atoms with Crippen LogP contribution in [0.25, 0.3) is 0 Å². The summed E-state index contributed by atoms with van der Waals surface area (Å²) in [6.07, 6.45) is 2.59. The normalized spacial score (nSPS) is 12.5. The molecule has 1 aromatic heterocycles. The number of hydrogen-bond acceptors (Lipinski definition) is 4. The molecule has 0 saturated heterocycles. The standard InChI is InChI=1S/C10H17N3OS/c1-8-7-9(2)13-10(12-8)11-5-4-6-15(3)14/h7H,4-6H2,1-3H3,(H,11,12,13). The monoisotopic (exact) mass is 227 g/mol. The van der Waals surface area contributed by atoms with Gasteiger partial charge < -0.3 is 5.32 Å². The van der Waals surface area contributed by atoms with Gasteiger partial charge in [0.1, 0.15) is 0 Å². The Bertz CT molecular complexity index is 334. The molecule has 84 valence electrons. The molecule has 1 aromatic rings. The summed E-state index contributed by atoms with van der Waals surface area (Å²) in [6.45, 7) is 4.66. The number of nitrogens with zero attached hydrogens (tertiary/aromatic N) is 2. The van der Waals surface area contributed by atoms with Crippen LogP contribution in [0, 0.1) is 13.8 Å². The Hall–Kier alpha value is -0.970. The van der Waals surface area contributed by atoms with E-state index in [0.717, 1.165) is 30.1 Å². The second kappa shape index (κ2) is 5.80. The molecule has 1 unspecified atom stereocenters. The van der Waals surface area contributed by atoms with Crippen LogP contribution in [0.3, 0.4) is 0 Å². The van der Waals surface area contributed by atoms with Crippen molar-refractivity contribution in [3.05, 3.63) is 17.5 Å². The Kier molecular flexibility index (Phi) is 4.68. The molecule has 5 heteroatoms. The molecule has 0 saturated carbocycles. The van der Waals surface area contributed by atoms with Gasteiger partial charge in [0, 0.05) is 40.7 Å². The van der Waals surface area contributed by atoms with Gasteiger partial charge in [0.25, 0.3) is 0 Å². The molecule has 1 atom stereocenters. The lowest BCUT2D eigenvalue weighted by atomic mass is 10.3. The van der Waals surface area contributed by atoms with Gasteiger partial charge in [-0.15, -0.1) is 0 Å². The molecule has 1 rings (SSSR count). The number of hydrogen-bond donors (Lipinski definition) is 1. The number of aryl methyl sites for hydroxylation is 2. The summed E-state index contributed by atoms with van der Waals surface area (Å²) in [7, 11) is -0.713. The van der Waals surface area contributed by atoms with Crippen molar-refractivity contribution >= 4 is 16.7 Å². The molecule has 0 aliphatic rings. The van der Waals surface area contributed by atoms with Crippen molar-refractivity contribution in [1.29, 1.82) is 0 Å². The molecule has 0 aliphatic heterocycles. The van der Waals surface area contributed by atoms with Crippen molar-refractivity contribution < 1.29 is 4.21 Å². The zero-order valence-corrected chi connectivity index (χ0v) is 10.2. The highest BCUT2D eigenvalue weighted by Gasteiger charge is 1.98. The van der Waals surface area contributed by atoms with Gasteiger partial charge >= 0.3 is 0 Å².